The van der Waals surface area contributed by atoms with E-state index in [2.05, 4.69) is 62.4 Å². The van der Waals surface area contributed by atoms with E-state index in [9.17, 15) is 0 Å². The molecule has 2 saturated carbocycles. The Labute approximate surface area is 211 Å². The van der Waals surface area contributed by atoms with Crippen LogP contribution < -0.4 is 0 Å². The van der Waals surface area contributed by atoms with Crippen LogP contribution in [-0.2, 0) is 6.42 Å². The highest BCUT2D eigenvalue weighted by atomic mass is 14.4. The van der Waals surface area contributed by atoms with Crippen LogP contribution in [-0.4, -0.2) is 0 Å². The quantitative estimate of drug-likeness (QED) is 0.240. The smallest absolute Gasteiger partial charge is 0.00531 e. The molecule has 2 atom stereocenters. The van der Waals surface area contributed by atoms with Gasteiger partial charge in [0.1, 0.15) is 0 Å². The molecule has 188 valence electrons. The summed E-state index contributed by atoms with van der Waals surface area (Å²) in [6.45, 7) is 4.58. The summed E-state index contributed by atoms with van der Waals surface area (Å²) in [5.41, 5.74) is 3.12. The van der Waals surface area contributed by atoms with Crippen molar-refractivity contribution in [3.8, 4) is 0 Å². The molecule has 1 aromatic carbocycles. The van der Waals surface area contributed by atoms with Crippen LogP contribution >= 0.6 is 0 Å². The van der Waals surface area contributed by atoms with Gasteiger partial charge in [-0.05, 0) is 124 Å². The van der Waals surface area contributed by atoms with Gasteiger partial charge in [-0.25, -0.2) is 0 Å². The zero-order chi connectivity index (χ0) is 23.6. The molecular formula is C34H52. The van der Waals surface area contributed by atoms with Crippen molar-refractivity contribution in [1.29, 1.82) is 0 Å². The number of aryl methyl sites for hydroxylation is 1. The third-order valence-corrected chi connectivity index (χ3v) is 9.56. The second-order valence-electron chi connectivity index (χ2n) is 12.0. The Hall–Kier alpha value is -1.30. The van der Waals surface area contributed by atoms with Crippen LogP contribution in [0.4, 0.5) is 0 Å². The van der Waals surface area contributed by atoms with Crippen molar-refractivity contribution in [2.75, 3.05) is 0 Å². The topological polar surface area (TPSA) is 0 Å². The van der Waals surface area contributed by atoms with E-state index in [-0.39, 0.29) is 0 Å². The average Bonchev–Trinajstić information content (AvgIpc) is 2.89. The summed E-state index contributed by atoms with van der Waals surface area (Å²) in [5.74, 6) is 5.27. The van der Waals surface area contributed by atoms with Crippen LogP contribution in [0.2, 0.25) is 0 Å². The Bertz CT molecular complexity index is 737. The lowest BCUT2D eigenvalue weighted by molar-refractivity contribution is 0.171. The van der Waals surface area contributed by atoms with E-state index in [1.54, 1.807) is 5.56 Å². The summed E-state index contributed by atoms with van der Waals surface area (Å²) in [5, 5.41) is 0. The molecule has 0 nitrogen and oxygen atoms in total. The van der Waals surface area contributed by atoms with Crippen molar-refractivity contribution in [2.24, 2.45) is 29.6 Å². The van der Waals surface area contributed by atoms with Crippen molar-refractivity contribution < 1.29 is 0 Å². The first-order valence-corrected chi connectivity index (χ1v) is 15.2. The second kappa shape index (κ2) is 13.7. The highest BCUT2D eigenvalue weighted by Crippen LogP contribution is 2.44. The molecule has 4 rings (SSSR count). The molecular weight excluding hydrogens is 408 g/mol. The standard InChI is InChI=1S/C34H52/c1-3-5-6-8-28-9-11-29(12-10-28)13-14-30-17-21-32(22-18-30)34-25-23-33(24-26-34)31-19-15-27(7-4-2)16-20-31/h9,11,13-16,19-20,28-30,32-34H,3-8,10,12,17-18,21-26H2,1-2H3/b14-13+. The molecule has 0 aromatic heterocycles. The molecule has 1 aromatic rings. The summed E-state index contributed by atoms with van der Waals surface area (Å²) in [6, 6.07) is 9.63. The second-order valence-corrected chi connectivity index (χ2v) is 12.0. The molecule has 3 aliphatic carbocycles. The van der Waals surface area contributed by atoms with Crippen molar-refractivity contribution in [3.63, 3.8) is 0 Å². The van der Waals surface area contributed by atoms with Crippen molar-refractivity contribution in [3.05, 3.63) is 59.7 Å². The van der Waals surface area contributed by atoms with Gasteiger partial charge in [0.15, 0.2) is 0 Å². The van der Waals surface area contributed by atoms with Crippen LogP contribution in [0.15, 0.2) is 48.6 Å². The molecule has 3 aliphatic rings. The molecule has 2 fully saturated rings. The summed E-state index contributed by atoms with van der Waals surface area (Å²) >= 11 is 0. The Morgan fingerprint density at radius 1 is 0.676 bits per heavy atom. The first-order valence-electron chi connectivity index (χ1n) is 15.2. The van der Waals surface area contributed by atoms with Crippen molar-refractivity contribution in [1.82, 2.24) is 0 Å². The molecule has 0 heteroatoms. The molecule has 0 radical (unpaired) electrons. The van der Waals surface area contributed by atoms with Gasteiger partial charge in [-0.15, -0.1) is 0 Å². The minimum atomic E-state index is 0.714. The Morgan fingerprint density at radius 2 is 1.38 bits per heavy atom. The first-order chi connectivity index (χ1) is 16.7. The number of allylic oxidation sites excluding steroid dienone is 4. The third kappa shape index (κ3) is 7.60. The lowest BCUT2D eigenvalue weighted by Crippen LogP contribution is -2.25. The maximum Gasteiger partial charge on any atom is -0.00531 e. The van der Waals surface area contributed by atoms with Crippen LogP contribution in [0.5, 0.6) is 0 Å². The van der Waals surface area contributed by atoms with Crippen LogP contribution in [0.3, 0.4) is 0 Å². The minimum absolute atomic E-state index is 0.714. The van der Waals surface area contributed by atoms with E-state index in [1.807, 2.05) is 0 Å². The fraction of sp³-hybridized carbons (Fsp3) is 0.706. The summed E-state index contributed by atoms with van der Waals surface area (Å²) in [6.07, 6.45) is 32.7. The zero-order valence-electron chi connectivity index (χ0n) is 22.4. The maximum atomic E-state index is 2.61. The van der Waals surface area contributed by atoms with Gasteiger partial charge in [-0.1, -0.05) is 88.1 Å². The molecule has 0 saturated heterocycles. The first kappa shape index (κ1) is 25.8. The van der Waals surface area contributed by atoms with E-state index in [4.69, 9.17) is 0 Å². The molecule has 0 bridgehead atoms. The number of hydrogen-bond acceptors (Lipinski definition) is 0. The SMILES string of the molecule is CCCCCC1C=CC(/C=C/C2CCC(C3CCC(c4ccc(CCC)cc4)CC3)CC2)CC1. The highest BCUT2D eigenvalue weighted by Gasteiger charge is 2.30. The summed E-state index contributed by atoms with van der Waals surface area (Å²) in [7, 11) is 0. The third-order valence-electron chi connectivity index (χ3n) is 9.56. The minimum Gasteiger partial charge on any atom is -0.0848 e. The Kier molecular flexibility index (Phi) is 10.4. The number of rotatable bonds is 10. The lowest BCUT2D eigenvalue weighted by atomic mass is 9.68. The van der Waals surface area contributed by atoms with Crippen LogP contribution in [0.1, 0.15) is 127 Å². The molecule has 0 spiro atoms. The van der Waals surface area contributed by atoms with Gasteiger partial charge in [0.2, 0.25) is 0 Å². The fourth-order valence-corrected chi connectivity index (χ4v) is 7.23. The van der Waals surface area contributed by atoms with Gasteiger partial charge >= 0.3 is 0 Å². The van der Waals surface area contributed by atoms with Gasteiger partial charge in [0, 0.05) is 0 Å². The Morgan fingerprint density at radius 3 is 2.00 bits per heavy atom. The van der Waals surface area contributed by atoms with Gasteiger partial charge in [-0.2, -0.15) is 0 Å². The number of unbranched alkanes of at least 4 members (excludes halogenated alkanes) is 2. The predicted octanol–water partition coefficient (Wildman–Crippen LogP) is 10.4. The van der Waals surface area contributed by atoms with Crippen molar-refractivity contribution >= 4 is 0 Å². The van der Waals surface area contributed by atoms with E-state index >= 15 is 0 Å². The largest absolute Gasteiger partial charge is 0.0848 e. The van der Waals surface area contributed by atoms with Gasteiger partial charge in [0.25, 0.3) is 0 Å². The summed E-state index contributed by atoms with van der Waals surface area (Å²) in [4.78, 5) is 0. The average molecular weight is 461 g/mol. The highest BCUT2D eigenvalue weighted by molar-refractivity contribution is 5.26. The van der Waals surface area contributed by atoms with Crippen LogP contribution in [0, 0.1) is 29.6 Å². The molecule has 0 heterocycles. The maximum absolute atomic E-state index is 2.61. The zero-order valence-corrected chi connectivity index (χ0v) is 22.4. The number of hydrogen-bond donors (Lipinski definition) is 0. The molecule has 34 heavy (non-hydrogen) atoms. The van der Waals surface area contributed by atoms with Crippen molar-refractivity contribution in [2.45, 2.75) is 122 Å². The molecule has 0 aliphatic heterocycles. The fourth-order valence-electron chi connectivity index (χ4n) is 7.23. The van der Waals surface area contributed by atoms with E-state index in [0.717, 1.165) is 29.6 Å². The predicted molar refractivity (Wildman–Crippen MR) is 149 cm³/mol. The molecule has 2 unspecified atom stereocenters. The van der Waals surface area contributed by atoms with E-state index < -0.39 is 0 Å². The molecule has 0 N–H and O–H groups in total. The summed E-state index contributed by atoms with van der Waals surface area (Å²) < 4.78 is 0. The van der Waals surface area contributed by atoms with E-state index in [1.165, 1.54) is 108 Å². The molecule has 0 amide bonds. The number of benzene rings is 1. The van der Waals surface area contributed by atoms with Gasteiger partial charge < -0.3 is 0 Å². The van der Waals surface area contributed by atoms with E-state index in [0.29, 0.717) is 5.92 Å². The van der Waals surface area contributed by atoms with Crippen LogP contribution in [0.25, 0.3) is 0 Å². The monoisotopic (exact) mass is 460 g/mol. The normalized spacial score (nSPS) is 32.3. The van der Waals surface area contributed by atoms with Gasteiger partial charge in [0.05, 0.1) is 0 Å². The lowest BCUT2D eigenvalue weighted by Gasteiger charge is -2.37. The van der Waals surface area contributed by atoms with Gasteiger partial charge in [-0.3, -0.25) is 0 Å². The Balaban J connectivity index is 1.15.